The van der Waals surface area contributed by atoms with Gasteiger partial charge in [0.15, 0.2) is 0 Å². The van der Waals surface area contributed by atoms with Crippen LogP contribution in [0, 0.1) is 11.3 Å². The highest BCUT2D eigenvalue weighted by molar-refractivity contribution is 6.31. The Morgan fingerprint density at radius 2 is 1.70 bits per heavy atom. The predicted octanol–water partition coefficient (Wildman–Crippen LogP) is 6.48. The van der Waals surface area contributed by atoms with Crippen LogP contribution in [0.25, 0.3) is 6.08 Å². The smallest absolute Gasteiger partial charge is 0.340 e. The number of amides is 2. The maximum Gasteiger partial charge on any atom is 0.340 e. The van der Waals surface area contributed by atoms with Gasteiger partial charge >= 0.3 is 5.97 Å². The predicted molar refractivity (Wildman–Crippen MR) is 168 cm³/mol. The molecule has 2 amide bonds. The fourth-order valence-corrected chi connectivity index (χ4v) is 7.05. The molecule has 2 fully saturated rings. The molecule has 220 valence electrons. The summed E-state index contributed by atoms with van der Waals surface area (Å²) < 4.78 is 6.16. The molecule has 3 aromatic rings. The number of para-hydroxylation sites is 1. The average Bonchev–Trinajstić information content (AvgIpc) is 3.27. The maximum atomic E-state index is 13.7. The third-order valence-corrected chi connectivity index (χ3v) is 9.11. The molecule has 3 aliphatic rings. The zero-order chi connectivity index (χ0) is 29.8. The lowest BCUT2D eigenvalue weighted by atomic mass is 9.62. The third-order valence-electron chi connectivity index (χ3n) is 9.11. The van der Waals surface area contributed by atoms with Crippen molar-refractivity contribution in [1.82, 2.24) is 4.90 Å². The molecule has 0 spiro atoms. The molecule has 2 atom stereocenters. The van der Waals surface area contributed by atoms with Crippen molar-refractivity contribution in [2.75, 3.05) is 31.1 Å². The summed E-state index contributed by atoms with van der Waals surface area (Å²) >= 11 is 0. The number of aryl methyl sites for hydroxylation is 1. The van der Waals surface area contributed by atoms with Crippen LogP contribution in [0.2, 0.25) is 0 Å². The third kappa shape index (κ3) is 6.11. The first kappa shape index (κ1) is 28.8. The molecule has 0 radical (unpaired) electrons. The van der Waals surface area contributed by atoms with Gasteiger partial charge in [0.25, 0.3) is 11.8 Å². The standard InChI is InChI=1S/C37H38N2O4/c1-27-22-34(40)39(35(27)41)33-19-9-8-18-31(33)36(42)43-26-37-20-10-17-30(32(37)23-29-14-6-3-7-15-29)24-38(25-37)21-11-16-28-12-4-2-5-13-28/h2-9,12-15,18-19,22-23,30H,10-11,16-17,20-21,24-26H2,1H3/t30-,37+/m1/s1. The molecule has 2 aliphatic heterocycles. The van der Waals surface area contributed by atoms with Gasteiger partial charge < -0.3 is 9.64 Å². The van der Waals surface area contributed by atoms with Gasteiger partial charge in [-0.1, -0.05) is 90.9 Å². The summed E-state index contributed by atoms with van der Waals surface area (Å²) in [4.78, 5) is 42.6. The number of piperidine rings is 1. The fraction of sp³-hybridized carbons (Fsp3) is 0.324. The zero-order valence-electron chi connectivity index (χ0n) is 24.7. The van der Waals surface area contributed by atoms with E-state index in [1.54, 1.807) is 31.2 Å². The van der Waals surface area contributed by atoms with Gasteiger partial charge in [-0.2, -0.15) is 0 Å². The van der Waals surface area contributed by atoms with Crippen LogP contribution in [-0.2, 0) is 20.7 Å². The van der Waals surface area contributed by atoms with Gasteiger partial charge in [0.1, 0.15) is 6.61 Å². The molecule has 1 saturated heterocycles. The quantitative estimate of drug-likeness (QED) is 0.216. The van der Waals surface area contributed by atoms with Crippen LogP contribution in [0.3, 0.4) is 0 Å². The Labute approximate surface area is 253 Å². The number of carbonyl (C=O) groups excluding carboxylic acids is 3. The minimum atomic E-state index is -0.516. The number of ether oxygens (including phenoxy) is 1. The van der Waals surface area contributed by atoms with Crippen molar-refractivity contribution in [3.8, 4) is 0 Å². The number of anilines is 1. The molecule has 1 saturated carbocycles. The highest BCUT2D eigenvalue weighted by atomic mass is 16.5. The molecule has 0 N–H and O–H groups in total. The minimum absolute atomic E-state index is 0.222. The van der Waals surface area contributed by atoms with Crippen LogP contribution in [0.15, 0.2) is 102 Å². The summed E-state index contributed by atoms with van der Waals surface area (Å²) in [6.45, 7) is 4.70. The van der Waals surface area contributed by atoms with E-state index in [4.69, 9.17) is 4.74 Å². The Bertz CT molecular complexity index is 1560. The van der Waals surface area contributed by atoms with E-state index in [0.29, 0.717) is 11.5 Å². The SMILES string of the molecule is CC1=CC(=O)N(c2ccccc2C(=O)OC[C@]23CCC[C@H](CN(CCCc4ccccc4)C2)C3=Cc2ccccc2)C1=O. The summed E-state index contributed by atoms with van der Waals surface area (Å²) in [6, 6.07) is 27.7. The fourth-order valence-electron chi connectivity index (χ4n) is 7.05. The summed E-state index contributed by atoms with van der Waals surface area (Å²) in [5.74, 6) is -0.967. The van der Waals surface area contributed by atoms with Gasteiger partial charge in [0, 0.05) is 30.2 Å². The summed E-state index contributed by atoms with van der Waals surface area (Å²) in [6.07, 6.45) is 8.89. The first-order valence-electron chi connectivity index (χ1n) is 15.3. The van der Waals surface area contributed by atoms with Crippen LogP contribution in [0.1, 0.15) is 54.1 Å². The van der Waals surface area contributed by atoms with Crippen molar-refractivity contribution in [2.24, 2.45) is 11.3 Å². The topological polar surface area (TPSA) is 66.9 Å². The summed E-state index contributed by atoms with van der Waals surface area (Å²) in [5.41, 5.74) is 4.43. The lowest BCUT2D eigenvalue weighted by Crippen LogP contribution is -2.53. The molecule has 0 unspecified atom stereocenters. The molecule has 6 nitrogen and oxygen atoms in total. The lowest BCUT2D eigenvalue weighted by molar-refractivity contribution is -0.120. The second-order valence-electron chi connectivity index (χ2n) is 12.1. The van der Waals surface area contributed by atoms with Crippen molar-refractivity contribution in [1.29, 1.82) is 0 Å². The molecular formula is C37H38N2O4. The number of hydrogen-bond acceptors (Lipinski definition) is 5. The Balaban J connectivity index is 1.24. The van der Waals surface area contributed by atoms with Gasteiger partial charge in [-0.15, -0.1) is 0 Å². The van der Waals surface area contributed by atoms with E-state index in [-0.39, 0.29) is 23.3 Å². The molecule has 2 bridgehead atoms. The highest BCUT2D eigenvalue weighted by Gasteiger charge is 2.47. The monoisotopic (exact) mass is 574 g/mol. The van der Waals surface area contributed by atoms with Crippen LogP contribution in [-0.4, -0.2) is 48.9 Å². The van der Waals surface area contributed by atoms with E-state index in [1.807, 2.05) is 6.07 Å². The van der Waals surface area contributed by atoms with Crippen molar-refractivity contribution in [3.05, 3.63) is 119 Å². The highest BCUT2D eigenvalue weighted by Crippen LogP contribution is 2.49. The molecular weight excluding hydrogens is 536 g/mol. The Morgan fingerprint density at radius 3 is 2.44 bits per heavy atom. The number of rotatable bonds is 9. The van der Waals surface area contributed by atoms with Crippen LogP contribution < -0.4 is 4.90 Å². The van der Waals surface area contributed by atoms with Crippen molar-refractivity contribution >= 4 is 29.5 Å². The second-order valence-corrected chi connectivity index (χ2v) is 12.1. The van der Waals surface area contributed by atoms with Crippen LogP contribution in [0.4, 0.5) is 5.69 Å². The Kier molecular flexibility index (Phi) is 8.39. The van der Waals surface area contributed by atoms with Gasteiger partial charge in [-0.25, -0.2) is 9.69 Å². The molecule has 1 aliphatic carbocycles. The number of nitrogens with zero attached hydrogens (tertiary/aromatic N) is 2. The lowest BCUT2D eigenvalue weighted by Gasteiger charge is -2.51. The van der Waals surface area contributed by atoms with Crippen LogP contribution in [0.5, 0.6) is 0 Å². The number of imide groups is 1. The van der Waals surface area contributed by atoms with Gasteiger partial charge in [0.05, 0.1) is 11.3 Å². The normalized spacial score (nSPS) is 23.0. The van der Waals surface area contributed by atoms with Gasteiger partial charge in [-0.05, 0) is 68.3 Å². The van der Waals surface area contributed by atoms with Gasteiger partial charge in [-0.3, -0.25) is 9.59 Å². The summed E-state index contributed by atoms with van der Waals surface area (Å²) in [7, 11) is 0. The van der Waals surface area contributed by atoms with Crippen molar-refractivity contribution in [2.45, 2.75) is 39.0 Å². The number of esters is 1. The van der Waals surface area contributed by atoms with E-state index in [0.717, 1.165) is 62.2 Å². The number of hydrogen-bond donors (Lipinski definition) is 0. The molecule has 43 heavy (non-hydrogen) atoms. The van der Waals surface area contributed by atoms with Gasteiger partial charge in [0.2, 0.25) is 0 Å². The molecule has 3 aromatic carbocycles. The maximum absolute atomic E-state index is 13.7. The van der Waals surface area contributed by atoms with Crippen molar-refractivity contribution in [3.63, 3.8) is 0 Å². The Hall–Kier alpha value is -4.29. The number of fused-ring (bicyclic) bond motifs is 2. The Morgan fingerprint density at radius 1 is 0.977 bits per heavy atom. The first-order valence-corrected chi connectivity index (χ1v) is 15.3. The van der Waals surface area contributed by atoms with Crippen LogP contribution >= 0.6 is 0 Å². The van der Waals surface area contributed by atoms with E-state index in [2.05, 4.69) is 65.6 Å². The molecule has 6 heteroatoms. The van der Waals surface area contributed by atoms with E-state index in [1.165, 1.54) is 17.2 Å². The minimum Gasteiger partial charge on any atom is -0.461 e. The summed E-state index contributed by atoms with van der Waals surface area (Å²) in [5, 5.41) is 0. The van der Waals surface area contributed by atoms with E-state index >= 15 is 0 Å². The number of carbonyl (C=O) groups is 3. The van der Waals surface area contributed by atoms with E-state index < -0.39 is 17.8 Å². The first-order chi connectivity index (χ1) is 20.9. The van der Waals surface area contributed by atoms with E-state index in [9.17, 15) is 14.4 Å². The number of likely N-dealkylation sites (tertiary alicyclic amines) is 1. The largest absolute Gasteiger partial charge is 0.461 e. The number of benzene rings is 3. The average molecular weight is 575 g/mol. The van der Waals surface area contributed by atoms with Crippen molar-refractivity contribution < 1.29 is 19.1 Å². The molecule has 0 aromatic heterocycles. The zero-order valence-corrected chi connectivity index (χ0v) is 24.7. The molecule has 2 heterocycles. The molecule has 6 rings (SSSR count). The second kappa shape index (κ2) is 12.5.